The predicted octanol–water partition coefficient (Wildman–Crippen LogP) is 3.53. The molecule has 1 amide bonds. The Morgan fingerprint density at radius 2 is 1.95 bits per heavy atom. The first-order valence-electron chi connectivity index (χ1n) is 5.95. The van der Waals surface area contributed by atoms with Crippen molar-refractivity contribution < 1.29 is 13.9 Å². The van der Waals surface area contributed by atoms with Crippen LogP contribution in [0.15, 0.2) is 46.9 Å². The lowest BCUT2D eigenvalue weighted by Crippen LogP contribution is -2.22. The molecule has 0 aliphatic rings. The molecule has 1 N–H and O–H groups in total. The molecule has 2 aromatic rings. The average molecular weight is 338 g/mol. The first-order valence-corrected chi connectivity index (χ1v) is 6.75. The van der Waals surface area contributed by atoms with Crippen LogP contribution in [0.3, 0.4) is 0 Å². The summed E-state index contributed by atoms with van der Waals surface area (Å²) in [6.45, 7) is 0.372. The third kappa shape index (κ3) is 3.81. The van der Waals surface area contributed by atoms with Gasteiger partial charge in [0, 0.05) is 16.6 Å². The lowest BCUT2D eigenvalue weighted by Gasteiger charge is -2.07. The molecule has 0 spiro atoms. The standard InChI is InChI=1S/C15H13BrFNO2/c1-20-14-4-2-10(3-5-14)9-18-15(19)11-6-12(16)8-13(17)7-11/h2-8H,9H2,1H3,(H,18,19). The van der Waals surface area contributed by atoms with Crippen LogP contribution >= 0.6 is 15.9 Å². The van der Waals surface area contributed by atoms with Crippen LogP contribution in [0.2, 0.25) is 0 Å². The summed E-state index contributed by atoms with van der Waals surface area (Å²) in [5, 5.41) is 2.74. The molecule has 20 heavy (non-hydrogen) atoms. The Hall–Kier alpha value is -1.88. The highest BCUT2D eigenvalue weighted by Gasteiger charge is 2.08. The quantitative estimate of drug-likeness (QED) is 0.926. The fourth-order valence-corrected chi connectivity index (χ4v) is 2.18. The number of nitrogens with one attached hydrogen (secondary N) is 1. The highest BCUT2D eigenvalue weighted by Crippen LogP contribution is 2.15. The van der Waals surface area contributed by atoms with E-state index in [9.17, 15) is 9.18 Å². The van der Waals surface area contributed by atoms with E-state index < -0.39 is 5.82 Å². The molecule has 0 aliphatic heterocycles. The SMILES string of the molecule is COc1ccc(CNC(=O)c2cc(F)cc(Br)c2)cc1. The maximum absolute atomic E-state index is 13.2. The van der Waals surface area contributed by atoms with Crippen molar-refractivity contribution in [2.24, 2.45) is 0 Å². The summed E-state index contributed by atoms with van der Waals surface area (Å²) < 4.78 is 18.8. The van der Waals surface area contributed by atoms with Gasteiger partial charge >= 0.3 is 0 Å². The van der Waals surface area contributed by atoms with E-state index in [-0.39, 0.29) is 11.5 Å². The van der Waals surface area contributed by atoms with Gasteiger partial charge < -0.3 is 10.1 Å². The number of benzene rings is 2. The average Bonchev–Trinajstić information content (AvgIpc) is 2.44. The lowest BCUT2D eigenvalue weighted by atomic mass is 10.2. The molecule has 5 heteroatoms. The Morgan fingerprint density at radius 3 is 2.55 bits per heavy atom. The van der Waals surface area contributed by atoms with E-state index >= 15 is 0 Å². The van der Waals surface area contributed by atoms with Crippen LogP contribution in [0, 0.1) is 5.82 Å². The minimum absolute atomic E-state index is 0.283. The van der Waals surface area contributed by atoms with E-state index in [1.54, 1.807) is 13.2 Å². The van der Waals surface area contributed by atoms with Crippen LogP contribution in [0.1, 0.15) is 15.9 Å². The van der Waals surface area contributed by atoms with Gasteiger partial charge in [-0.25, -0.2) is 4.39 Å². The smallest absolute Gasteiger partial charge is 0.251 e. The number of ether oxygens (including phenoxy) is 1. The van der Waals surface area contributed by atoms with E-state index in [0.717, 1.165) is 11.3 Å². The first kappa shape index (κ1) is 14.5. The van der Waals surface area contributed by atoms with Gasteiger partial charge in [-0.05, 0) is 35.9 Å². The summed E-state index contributed by atoms with van der Waals surface area (Å²) in [5.74, 6) is -0.0101. The summed E-state index contributed by atoms with van der Waals surface area (Å²) in [4.78, 5) is 11.9. The summed E-state index contributed by atoms with van der Waals surface area (Å²) >= 11 is 3.16. The van der Waals surface area contributed by atoms with Gasteiger partial charge in [-0.2, -0.15) is 0 Å². The summed E-state index contributed by atoms with van der Waals surface area (Å²) in [6, 6.07) is 11.4. The maximum atomic E-state index is 13.2. The van der Waals surface area contributed by atoms with E-state index in [0.29, 0.717) is 11.0 Å². The third-order valence-corrected chi connectivity index (χ3v) is 3.19. The number of halogens is 2. The normalized spacial score (nSPS) is 10.2. The summed E-state index contributed by atoms with van der Waals surface area (Å²) in [5.41, 5.74) is 1.22. The van der Waals surface area contributed by atoms with Gasteiger partial charge in [0.05, 0.1) is 7.11 Å². The zero-order valence-electron chi connectivity index (χ0n) is 10.8. The molecule has 0 heterocycles. The Bertz CT molecular complexity index is 594. The topological polar surface area (TPSA) is 38.3 Å². The van der Waals surface area contributed by atoms with Crippen molar-refractivity contribution in [2.45, 2.75) is 6.54 Å². The van der Waals surface area contributed by atoms with Crippen LogP contribution in [0.4, 0.5) is 4.39 Å². The molecular formula is C15H13BrFNO2. The zero-order chi connectivity index (χ0) is 14.5. The van der Waals surface area contributed by atoms with Crippen molar-refractivity contribution in [1.82, 2.24) is 5.32 Å². The lowest BCUT2D eigenvalue weighted by molar-refractivity contribution is 0.0950. The molecule has 0 atom stereocenters. The molecule has 0 bridgehead atoms. The highest BCUT2D eigenvalue weighted by atomic mass is 79.9. The number of methoxy groups -OCH3 is 1. The molecule has 104 valence electrons. The number of hydrogen-bond donors (Lipinski definition) is 1. The molecule has 0 aromatic heterocycles. The van der Waals surface area contributed by atoms with Gasteiger partial charge in [0.15, 0.2) is 0 Å². The van der Waals surface area contributed by atoms with Crippen LogP contribution in [0.5, 0.6) is 5.75 Å². The number of rotatable bonds is 4. The fraction of sp³-hybridized carbons (Fsp3) is 0.133. The molecule has 0 unspecified atom stereocenters. The van der Waals surface area contributed by atoms with Gasteiger partial charge in [0.2, 0.25) is 0 Å². The van der Waals surface area contributed by atoms with E-state index in [1.165, 1.54) is 12.1 Å². The molecule has 0 saturated carbocycles. The van der Waals surface area contributed by atoms with Crippen molar-refractivity contribution in [3.05, 3.63) is 63.9 Å². The maximum Gasteiger partial charge on any atom is 0.251 e. The molecule has 2 rings (SSSR count). The fourth-order valence-electron chi connectivity index (χ4n) is 1.71. The van der Waals surface area contributed by atoms with E-state index in [1.807, 2.05) is 24.3 Å². The minimum atomic E-state index is -0.450. The Kier molecular flexibility index (Phi) is 4.74. The van der Waals surface area contributed by atoms with Crippen molar-refractivity contribution >= 4 is 21.8 Å². The summed E-state index contributed by atoms with van der Waals surface area (Å²) in [6.07, 6.45) is 0. The van der Waals surface area contributed by atoms with Gasteiger partial charge in [-0.15, -0.1) is 0 Å². The van der Waals surface area contributed by atoms with Crippen molar-refractivity contribution in [3.63, 3.8) is 0 Å². The first-order chi connectivity index (χ1) is 9.58. The summed E-state index contributed by atoms with van der Waals surface area (Å²) in [7, 11) is 1.60. The zero-order valence-corrected chi connectivity index (χ0v) is 12.4. The second-order valence-electron chi connectivity index (χ2n) is 4.19. The van der Waals surface area contributed by atoms with Gasteiger partial charge in [-0.3, -0.25) is 4.79 Å². The number of carbonyl (C=O) groups is 1. The van der Waals surface area contributed by atoms with Crippen LogP contribution in [-0.4, -0.2) is 13.0 Å². The van der Waals surface area contributed by atoms with Gasteiger partial charge in [-0.1, -0.05) is 28.1 Å². The number of amides is 1. The predicted molar refractivity (Wildman–Crippen MR) is 78.3 cm³/mol. The van der Waals surface area contributed by atoms with E-state index in [2.05, 4.69) is 21.2 Å². The number of hydrogen-bond acceptors (Lipinski definition) is 2. The van der Waals surface area contributed by atoms with Crippen molar-refractivity contribution in [3.8, 4) is 5.75 Å². The Labute approximate surface area is 124 Å². The second kappa shape index (κ2) is 6.52. The van der Waals surface area contributed by atoms with Crippen LogP contribution in [0.25, 0.3) is 0 Å². The number of carbonyl (C=O) groups excluding carboxylic acids is 1. The Balaban J connectivity index is 2.00. The second-order valence-corrected chi connectivity index (χ2v) is 5.10. The van der Waals surface area contributed by atoms with Gasteiger partial charge in [0.1, 0.15) is 11.6 Å². The molecule has 0 saturated heterocycles. The van der Waals surface area contributed by atoms with E-state index in [4.69, 9.17) is 4.74 Å². The van der Waals surface area contributed by atoms with Crippen LogP contribution in [-0.2, 0) is 6.54 Å². The monoisotopic (exact) mass is 337 g/mol. The molecule has 0 radical (unpaired) electrons. The molecular weight excluding hydrogens is 325 g/mol. The molecule has 0 aliphatic carbocycles. The largest absolute Gasteiger partial charge is 0.497 e. The van der Waals surface area contributed by atoms with Crippen molar-refractivity contribution in [1.29, 1.82) is 0 Å². The minimum Gasteiger partial charge on any atom is -0.497 e. The van der Waals surface area contributed by atoms with Crippen molar-refractivity contribution in [2.75, 3.05) is 7.11 Å². The van der Waals surface area contributed by atoms with Gasteiger partial charge in [0.25, 0.3) is 5.91 Å². The molecule has 2 aromatic carbocycles. The third-order valence-electron chi connectivity index (χ3n) is 2.74. The highest BCUT2D eigenvalue weighted by molar-refractivity contribution is 9.10. The molecule has 3 nitrogen and oxygen atoms in total. The molecule has 0 fully saturated rings. The van der Waals surface area contributed by atoms with Crippen LogP contribution < -0.4 is 10.1 Å². The Morgan fingerprint density at radius 1 is 1.25 bits per heavy atom.